The van der Waals surface area contributed by atoms with Crippen LogP contribution >= 0.6 is 0 Å². The smallest absolute Gasteiger partial charge is 0.260 e. The maximum atomic E-state index is 12.0. The fraction of sp³-hybridized carbons (Fsp3) is 0.312. The van der Waals surface area contributed by atoms with Crippen LogP contribution in [-0.2, 0) is 17.8 Å². The molecule has 1 heterocycles. The molecule has 1 amide bonds. The van der Waals surface area contributed by atoms with Gasteiger partial charge < -0.3 is 14.1 Å². The van der Waals surface area contributed by atoms with Gasteiger partial charge in [-0.15, -0.1) is 0 Å². The third-order valence-electron chi connectivity index (χ3n) is 3.10. The molecule has 4 nitrogen and oxygen atoms in total. The van der Waals surface area contributed by atoms with Crippen LogP contribution in [-0.4, -0.2) is 24.5 Å². The average Bonchev–Trinajstić information content (AvgIpc) is 2.97. The van der Waals surface area contributed by atoms with E-state index in [-0.39, 0.29) is 12.5 Å². The van der Waals surface area contributed by atoms with Gasteiger partial charge in [0.05, 0.1) is 12.8 Å². The molecule has 0 saturated heterocycles. The van der Waals surface area contributed by atoms with Gasteiger partial charge in [-0.25, -0.2) is 0 Å². The van der Waals surface area contributed by atoms with E-state index in [4.69, 9.17) is 9.15 Å². The molecule has 0 N–H and O–H groups in total. The van der Waals surface area contributed by atoms with Crippen molar-refractivity contribution in [2.24, 2.45) is 0 Å². The normalized spacial score (nSPS) is 10.3. The fourth-order valence-electron chi connectivity index (χ4n) is 1.91. The Balaban J connectivity index is 1.88. The molecule has 0 spiro atoms. The zero-order valence-electron chi connectivity index (χ0n) is 11.8. The van der Waals surface area contributed by atoms with Gasteiger partial charge in [-0.2, -0.15) is 0 Å². The highest BCUT2D eigenvalue weighted by Crippen LogP contribution is 2.18. The summed E-state index contributed by atoms with van der Waals surface area (Å²) in [5, 5.41) is 0. The molecular weight excluding hydrogens is 254 g/mol. The van der Waals surface area contributed by atoms with E-state index < -0.39 is 0 Å². The lowest BCUT2D eigenvalue weighted by atomic mass is 10.1. The van der Waals surface area contributed by atoms with Crippen molar-refractivity contribution in [3.05, 3.63) is 54.0 Å². The summed E-state index contributed by atoms with van der Waals surface area (Å²) in [6.45, 7) is 2.55. The summed E-state index contributed by atoms with van der Waals surface area (Å²) >= 11 is 0. The Labute approximate surface area is 119 Å². The molecule has 1 aromatic carbocycles. The highest BCUT2D eigenvalue weighted by atomic mass is 16.5. The van der Waals surface area contributed by atoms with Crippen LogP contribution < -0.4 is 4.74 Å². The van der Waals surface area contributed by atoms with Crippen LogP contribution in [0.3, 0.4) is 0 Å². The zero-order chi connectivity index (χ0) is 14.4. The van der Waals surface area contributed by atoms with Crippen molar-refractivity contribution in [1.82, 2.24) is 4.90 Å². The lowest BCUT2D eigenvalue weighted by Crippen LogP contribution is -2.30. The third-order valence-corrected chi connectivity index (χ3v) is 3.10. The number of furan rings is 1. The predicted molar refractivity (Wildman–Crippen MR) is 76.5 cm³/mol. The summed E-state index contributed by atoms with van der Waals surface area (Å²) in [7, 11) is 1.74. The van der Waals surface area contributed by atoms with Crippen LogP contribution in [0, 0.1) is 0 Å². The monoisotopic (exact) mass is 273 g/mol. The summed E-state index contributed by atoms with van der Waals surface area (Å²) < 4.78 is 10.8. The Morgan fingerprint density at radius 3 is 2.75 bits per heavy atom. The van der Waals surface area contributed by atoms with Gasteiger partial charge in [0, 0.05) is 7.05 Å². The number of likely N-dealkylation sites (N-methyl/N-ethyl adjacent to an activating group) is 1. The van der Waals surface area contributed by atoms with E-state index in [1.165, 1.54) is 0 Å². The standard InChI is InChI=1S/C16H19NO3/c1-3-13-7-4-5-9-15(13)20-12-16(18)17(2)11-14-8-6-10-19-14/h4-10H,3,11-12H2,1-2H3. The number of aryl methyl sites for hydroxylation is 1. The van der Waals surface area contributed by atoms with Gasteiger partial charge >= 0.3 is 0 Å². The molecule has 2 rings (SSSR count). The van der Waals surface area contributed by atoms with Crippen molar-refractivity contribution in [3.63, 3.8) is 0 Å². The van der Waals surface area contributed by atoms with Crippen molar-refractivity contribution < 1.29 is 13.9 Å². The van der Waals surface area contributed by atoms with E-state index in [2.05, 4.69) is 6.92 Å². The summed E-state index contributed by atoms with van der Waals surface area (Å²) in [5.41, 5.74) is 1.11. The van der Waals surface area contributed by atoms with E-state index in [9.17, 15) is 4.79 Å². The molecule has 0 bridgehead atoms. The second-order valence-electron chi connectivity index (χ2n) is 4.58. The van der Waals surface area contributed by atoms with E-state index >= 15 is 0 Å². The molecule has 0 atom stereocenters. The van der Waals surface area contributed by atoms with Gasteiger partial charge in [-0.3, -0.25) is 4.79 Å². The largest absolute Gasteiger partial charge is 0.483 e. The molecule has 0 fully saturated rings. The van der Waals surface area contributed by atoms with Crippen LogP contribution in [0.4, 0.5) is 0 Å². The Morgan fingerprint density at radius 2 is 2.05 bits per heavy atom. The number of carbonyl (C=O) groups excluding carboxylic acids is 1. The fourth-order valence-corrected chi connectivity index (χ4v) is 1.91. The van der Waals surface area contributed by atoms with Gasteiger partial charge in [0.1, 0.15) is 11.5 Å². The van der Waals surface area contributed by atoms with E-state index in [1.807, 2.05) is 36.4 Å². The number of ether oxygens (including phenoxy) is 1. The summed E-state index contributed by atoms with van der Waals surface area (Å²) in [5.74, 6) is 1.46. The Morgan fingerprint density at radius 1 is 1.25 bits per heavy atom. The molecule has 2 aromatic rings. The minimum absolute atomic E-state index is 0.0359. The number of amides is 1. The molecule has 4 heteroatoms. The topological polar surface area (TPSA) is 42.7 Å². The minimum atomic E-state index is -0.0766. The van der Waals surface area contributed by atoms with Crippen molar-refractivity contribution in [2.45, 2.75) is 19.9 Å². The first kappa shape index (κ1) is 14.2. The van der Waals surface area contributed by atoms with Gasteiger partial charge in [-0.1, -0.05) is 25.1 Å². The number of benzene rings is 1. The van der Waals surface area contributed by atoms with Crippen LogP contribution in [0.15, 0.2) is 47.1 Å². The first-order valence-electron chi connectivity index (χ1n) is 6.67. The Bertz CT molecular complexity index is 549. The van der Waals surface area contributed by atoms with Crippen molar-refractivity contribution in [2.75, 3.05) is 13.7 Å². The number of carbonyl (C=O) groups is 1. The highest BCUT2D eigenvalue weighted by molar-refractivity contribution is 5.77. The highest BCUT2D eigenvalue weighted by Gasteiger charge is 2.12. The van der Waals surface area contributed by atoms with Crippen LogP contribution in [0.2, 0.25) is 0 Å². The second kappa shape index (κ2) is 6.80. The maximum Gasteiger partial charge on any atom is 0.260 e. The molecular formula is C16H19NO3. The van der Waals surface area contributed by atoms with Crippen molar-refractivity contribution >= 4 is 5.91 Å². The summed E-state index contributed by atoms with van der Waals surface area (Å²) in [4.78, 5) is 13.6. The van der Waals surface area contributed by atoms with Crippen molar-refractivity contribution in [3.8, 4) is 5.75 Å². The minimum Gasteiger partial charge on any atom is -0.483 e. The number of hydrogen-bond acceptors (Lipinski definition) is 3. The molecule has 1 aromatic heterocycles. The first-order valence-corrected chi connectivity index (χ1v) is 6.67. The third kappa shape index (κ3) is 3.63. The Kier molecular flexibility index (Phi) is 4.82. The average molecular weight is 273 g/mol. The van der Waals surface area contributed by atoms with Gasteiger partial charge in [-0.05, 0) is 30.2 Å². The number of para-hydroxylation sites is 1. The molecule has 0 saturated carbocycles. The molecule has 106 valence electrons. The summed E-state index contributed by atoms with van der Waals surface area (Å²) in [6.07, 6.45) is 2.48. The molecule has 0 aliphatic carbocycles. The lowest BCUT2D eigenvalue weighted by Gasteiger charge is -2.17. The van der Waals surface area contributed by atoms with Crippen LogP contribution in [0.1, 0.15) is 18.2 Å². The first-order chi connectivity index (χ1) is 9.70. The van der Waals surface area contributed by atoms with E-state index in [1.54, 1.807) is 18.2 Å². The summed E-state index contributed by atoms with van der Waals surface area (Å²) in [6, 6.07) is 11.4. The SMILES string of the molecule is CCc1ccccc1OCC(=O)N(C)Cc1ccco1. The van der Waals surface area contributed by atoms with E-state index in [0.29, 0.717) is 6.54 Å². The van der Waals surface area contributed by atoms with E-state index in [0.717, 1.165) is 23.5 Å². The maximum absolute atomic E-state index is 12.0. The molecule has 20 heavy (non-hydrogen) atoms. The van der Waals surface area contributed by atoms with Crippen molar-refractivity contribution in [1.29, 1.82) is 0 Å². The number of nitrogens with zero attached hydrogens (tertiary/aromatic N) is 1. The molecule has 0 radical (unpaired) electrons. The molecule has 0 aliphatic heterocycles. The van der Waals surface area contributed by atoms with Gasteiger partial charge in [0.15, 0.2) is 6.61 Å². The van der Waals surface area contributed by atoms with Gasteiger partial charge in [0.2, 0.25) is 0 Å². The quantitative estimate of drug-likeness (QED) is 0.812. The Hall–Kier alpha value is -2.23. The zero-order valence-corrected chi connectivity index (χ0v) is 11.8. The number of hydrogen-bond donors (Lipinski definition) is 0. The molecule has 0 aliphatic rings. The predicted octanol–water partition coefficient (Wildman–Crippen LogP) is 2.88. The number of rotatable bonds is 6. The second-order valence-corrected chi connectivity index (χ2v) is 4.58. The van der Waals surface area contributed by atoms with Gasteiger partial charge in [0.25, 0.3) is 5.91 Å². The molecule has 0 unspecified atom stereocenters. The lowest BCUT2D eigenvalue weighted by molar-refractivity contribution is -0.132. The van der Waals surface area contributed by atoms with Crippen LogP contribution in [0.5, 0.6) is 5.75 Å². The van der Waals surface area contributed by atoms with Crippen LogP contribution in [0.25, 0.3) is 0 Å².